The molecule has 4 rings (SSSR count). The van der Waals surface area contributed by atoms with Gasteiger partial charge in [0.25, 0.3) is 0 Å². The number of aromatic nitrogens is 3. The van der Waals surface area contributed by atoms with E-state index >= 15 is 0 Å². The monoisotopic (exact) mass is 409 g/mol. The van der Waals surface area contributed by atoms with E-state index in [1.807, 2.05) is 66.2 Å². The standard InChI is InChI=1S/C21H23N5O2S/c1-25-20(16-7-3-2-4-8-16)23-24-21(25)29-15-19(27)22-17-9-5-6-10-18(17)26-11-13-28-14-12-26/h2-10H,11-15H2,1H3,(H,22,27). The van der Waals surface area contributed by atoms with Gasteiger partial charge in [-0.15, -0.1) is 10.2 Å². The number of hydrogen-bond donors (Lipinski definition) is 1. The number of carbonyl (C=O) groups is 1. The molecule has 0 aliphatic carbocycles. The van der Waals surface area contributed by atoms with Crippen molar-refractivity contribution in [3.05, 3.63) is 54.6 Å². The lowest BCUT2D eigenvalue weighted by Gasteiger charge is -2.30. The fraction of sp³-hybridized carbons (Fsp3) is 0.286. The first-order valence-electron chi connectivity index (χ1n) is 9.51. The van der Waals surface area contributed by atoms with Gasteiger partial charge in [0, 0.05) is 25.7 Å². The third-order valence-electron chi connectivity index (χ3n) is 4.73. The molecule has 0 unspecified atom stereocenters. The third-order valence-corrected chi connectivity index (χ3v) is 5.75. The number of para-hydroxylation sites is 2. The van der Waals surface area contributed by atoms with E-state index in [0.29, 0.717) is 18.4 Å². The molecule has 150 valence electrons. The summed E-state index contributed by atoms with van der Waals surface area (Å²) in [5, 5.41) is 12.2. The summed E-state index contributed by atoms with van der Waals surface area (Å²) in [4.78, 5) is 14.8. The van der Waals surface area contributed by atoms with E-state index in [2.05, 4.69) is 20.4 Å². The van der Waals surface area contributed by atoms with Gasteiger partial charge in [-0.05, 0) is 12.1 Å². The molecule has 0 saturated carbocycles. The number of anilines is 2. The molecule has 29 heavy (non-hydrogen) atoms. The van der Waals surface area contributed by atoms with Gasteiger partial charge in [-0.1, -0.05) is 54.2 Å². The third kappa shape index (κ3) is 4.60. The number of nitrogens with zero attached hydrogens (tertiary/aromatic N) is 4. The minimum atomic E-state index is -0.0695. The van der Waals surface area contributed by atoms with Crippen LogP contribution in [-0.2, 0) is 16.6 Å². The Hall–Kier alpha value is -2.84. The first-order chi connectivity index (χ1) is 14.2. The highest BCUT2D eigenvalue weighted by Gasteiger charge is 2.17. The van der Waals surface area contributed by atoms with Gasteiger partial charge in [-0.2, -0.15) is 0 Å². The fourth-order valence-corrected chi connectivity index (χ4v) is 3.97. The largest absolute Gasteiger partial charge is 0.378 e. The molecule has 0 bridgehead atoms. The zero-order chi connectivity index (χ0) is 20.1. The summed E-state index contributed by atoms with van der Waals surface area (Å²) in [6.45, 7) is 3.05. The average molecular weight is 410 g/mol. The van der Waals surface area contributed by atoms with Crippen molar-refractivity contribution in [3.63, 3.8) is 0 Å². The number of ether oxygens (including phenoxy) is 1. The van der Waals surface area contributed by atoms with Crippen LogP contribution in [0.25, 0.3) is 11.4 Å². The predicted octanol–water partition coefficient (Wildman–Crippen LogP) is 3.05. The Balaban J connectivity index is 1.40. The number of hydrogen-bond acceptors (Lipinski definition) is 6. The van der Waals surface area contributed by atoms with E-state index in [9.17, 15) is 4.79 Å². The molecule has 1 aromatic heterocycles. The quantitative estimate of drug-likeness (QED) is 0.631. The van der Waals surface area contributed by atoms with Crippen molar-refractivity contribution in [3.8, 4) is 11.4 Å². The van der Waals surface area contributed by atoms with Crippen LogP contribution in [0.15, 0.2) is 59.8 Å². The van der Waals surface area contributed by atoms with Crippen molar-refractivity contribution in [1.82, 2.24) is 14.8 Å². The molecule has 7 nitrogen and oxygen atoms in total. The number of amides is 1. The van der Waals surface area contributed by atoms with Gasteiger partial charge in [0.2, 0.25) is 5.91 Å². The highest BCUT2D eigenvalue weighted by Crippen LogP contribution is 2.27. The Morgan fingerprint density at radius 3 is 2.59 bits per heavy atom. The second-order valence-electron chi connectivity index (χ2n) is 6.68. The molecule has 3 aromatic rings. The molecule has 8 heteroatoms. The molecule has 1 aliphatic heterocycles. The molecule has 2 heterocycles. The summed E-state index contributed by atoms with van der Waals surface area (Å²) < 4.78 is 7.34. The minimum absolute atomic E-state index is 0.0695. The molecule has 0 atom stereocenters. The number of thioether (sulfide) groups is 1. The van der Waals surface area contributed by atoms with Crippen LogP contribution < -0.4 is 10.2 Å². The first-order valence-corrected chi connectivity index (χ1v) is 10.5. The van der Waals surface area contributed by atoms with E-state index in [0.717, 1.165) is 35.9 Å². The highest BCUT2D eigenvalue weighted by atomic mass is 32.2. The van der Waals surface area contributed by atoms with Gasteiger partial charge in [-0.3, -0.25) is 4.79 Å². The van der Waals surface area contributed by atoms with Crippen LogP contribution in [0.1, 0.15) is 0 Å². The van der Waals surface area contributed by atoms with E-state index in [4.69, 9.17) is 4.74 Å². The Labute approximate surface area is 174 Å². The lowest BCUT2D eigenvalue weighted by molar-refractivity contribution is -0.113. The Kier molecular flexibility index (Phi) is 6.12. The van der Waals surface area contributed by atoms with Crippen LogP contribution in [-0.4, -0.2) is 52.7 Å². The molecular formula is C21H23N5O2S. The molecule has 0 spiro atoms. The molecule has 0 radical (unpaired) electrons. The second-order valence-corrected chi connectivity index (χ2v) is 7.63. The summed E-state index contributed by atoms with van der Waals surface area (Å²) in [6, 6.07) is 17.8. The minimum Gasteiger partial charge on any atom is -0.378 e. The molecule has 1 saturated heterocycles. The normalized spacial score (nSPS) is 14.0. The second kappa shape index (κ2) is 9.11. The number of nitrogens with one attached hydrogen (secondary N) is 1. The van der Waals surface area contributed by atoms with Gasteiger partial charge < -0.3 is 19.5 Å². The first kappa shape index (κ1) is 19.5. The van der Waals surface area contributed by atoms with Crippen LogP contribution >= 0.6 is 11.8 Å². The van der Waals surface area contributed by atoms with Crippen molar-refractivity contribution in [1.29, 1.82) is 0 Å². The van der Waals surface area contributed by atoms with E-state index in [1.165, 1.54) is 11.8 Å². The number of carbonyl (C=O) groups excluding carboxylic acids is 1. The lowest BCUT2D eigenvalue weighted by Crippen LogP contribution is -2.36. The summed E-state index contributed by atoms with van der Waals surface area (Å²) in [5.41, 5.74) is 2.85. The van der Waals surface area contributed by atoms with Crippen LogP contribution in [0, 0.1) is 0 Å². The maximum atomic E-state index is 12.6. The van der Waals surface area contributed by atoms with Crippen molar-refractivity contribution in [2.45, 2.75) is 5.16 Å². The number of rotatable bonds is 6. The van der Waals surface area contributed by atoms with Gasteiger partial charge in [0.1, 0.15) is 0 Å². The van der Waals surface area contributed by atoms with E-state index < -0.39 is 0 Å². The average Bonchev–Trinajstić information content (AvgIpc) is 3.14. The molecular weight excluding hydrogens is 386 g/mol. The predicted molar refractivity (Wildman–Crippen MR) is 115 cm³/mol. The van der Waals surface area contributed by atoms with Crippen LogP contribution in [0.3, 0.4) is 0 Å². The Bertz CT molecular complexity index is 970. The summed E-state index contributed by atoms with van der Waals surface area (Å²) in [6.07, 6.45) is 0. The smallest absolute Gasteiger partial charge is 0.234 e. The van der Waals surface area contributed by atoms with Gasteiger partial charge in [0.15, 0.2) is 11.0 Å². The van der Waals surface area contributed by atoms with Gasteiger partial charge in [-0.25, -0.2) is 0 Å². The Morgan fingerprint density at radius 1 is 1.07 bits per heavy atom. The van der Waals surface area contributed by atoms with Crippen molar-refractivity contribution in [2.75, 3.05) is 42.3 Å². The zero-order valence-electron chi connectivity index (χ0n) is 16.2. The Morgan fingerprint density at radius 2 is 1.79 bits per heavy atom. The number of benzene rings is 2. The summed E-state index contributed by atoms with van der Waals surface area (Å²) in [5.74, 6) is 0.976. The van der Waals surface area contributed by atoms with Crippen LogP contribution in [0.2, 0.25) is 0 Å². The maximum Gasteiger partial charge on any atom is 0.234 e. The molecule has 1 aliphatic rings. The van der Waals surface area contributed by atoms with Gasteiger partial charge >= 0.3 is 0 Å². The van der Waals surface area contributed by atoms with Crippen LogP contribution in [0.4, 0.5) is 11.4 Å². The van der Waals surface area contributed by atoms with Crippen LogP contribution in [0.5, 0.6) is 0 Å². The zero-order valence-corrected chi connectivity index (χ0v) is 17.1. The molecule has 2 aromatic carbocycles. The summed E-state index contributed by atoms with van der Waals surface area (Å²) >= 11 is 1.38. The molecule has 1 amide bonds. The fourth-order valence-electron chi connectivity index (χ4n) is 3.25. The van der Waals surface area contributed by atoms with E-state index in [-0.39, 0.29) is 11.7 Å². The maximum absolute atomic E-state index is 12.6. The SMILES string of the molecule is Cn1c(SCC(=O)Nc2ccccc2N2CCOCC2)nnc1-c1ccccc1. The van der Waals surface area contributed by atoms with Crippen molar-refractivity contribution < 1.29 is 9.53 Å². The summed E-state index contributed by atoms with van der Waals surface area (Å²) in [7, 11) is 1.91. The topological polar surface area (TPSA) is 72.3 Å². The molecule has 1 fully saturated rings. The number of morpholine rings is 1. The highest BCUT2D eigenvalue weighted by molar-refractivity contribution is 7.99. The molecule has 1 N–H and O–H groups in total. The van der Waals surface area contributed by atoms with Crippen molar-refractivity contribution >= 4 is 29.0 Å². The lowest BCUT2D eigenvalue weighted by atomic mass is 10.2. The van der Waals surface area contributed by atoms with Gasteiger partial charge in [0.05, 0.1) is 30.3 Å². The van der Waals surface area contributed by atoms with E-state index in [1.54, 1.807) is 0 Å². The van der Waals surface area contributed by atoms with Crippen molar-refractivity contribution in [2.24, 2.45) is 7.05 Å².